The predicted molar refractivity (Wildman–Crippen MR) is 71.7 cm³/mol. The highest BCUT2D eigenvalue weighted by atomic mass is 16.6. The SMILES string of the molecule is COc1cc(CN)c([N+](=O)[O-])cc1OCC(=O)N(C)C. The summed E-state index contributed by atoms with van der Waals surface area (Å²) in [7, 11) is 4.58. The van der Waals surface area contributed by atoms with Gasteiger partial charge < -0.3 is 20.1 Å². The smallest absolute Gasteiger partial charge is 0.277 e. The van der Waals surface area contributed by atoms with Crippen LogP contribution in [0.15, 0.2) is 12.1 Å². The fraction of sp³-hybridized carbons (Fsp3) is 0.417. The number of nitrogens with zero attached hydrogens (tertiary/aromatic N) is 2. The first-order chi connectivity index (χ1) is 9.40. The molecule has 0 unspecified atom stereocenters. The quantitative estimate of drug-likeness (QED) is 0.602. The normalized spacial score (nSPS) is 10.0. The molecule has 110 valence electrons. The largest absolute Gasteiger partial charge is 0.493 e. The van der Waals surface area contributed by atoms with Gasteiger partial charge in [-0.3, -0.25) is 14.9 Å². The number of rotatable bonds is 6. The monoisotopic (exact) mass is 283 g/mol. The van der Waals surface area contributed by atoms with Crippen LogP contribution < -0.4 is 15.2 Å². The lowest BCUT2D eigenvalue weighted by atomic mass is 10.1. The molecule has 0 aliphatic heterocycles. The Morgan fingerprint density at radius 1 is 1.40 bits per heavy atom. The van der Waals surface area contributed by atoms with Crippen molar-refractivity contribution >= 4 is 11.6 Å². The molecule has 1 amide bonds. The molecule has 1 rings (SSSR count). The van der Waals surface area contributed by atoms with Crippen LogP contribution >= 0.6 is 0 Å². The molecule has 0 saturated carbocycles. The highest BCUT2D eigenvalue weighted by molar-refractivity contribution is 5.77. The van der Waals surface area contributed by atoms with E-state index in [0.29, 0.717) is 11.3 Å². The van der Waals surface area contributed by atoms with Gasteiger partial charge in [-0.05, 0) is 6.07 Å². The Kier molecular flexibility index (Phi) is 5.27. The summed E-state index contributed by atoms with van der Waals surface area (Å²) in [6, 6.07) is 2.65. The van der Waals surface area contributed by atoms with Crippen molar-refractivity contribution in [3.05, 3.63) is 27.8 Å². The fourth-order valence-corrected chi connectivity index (χ4v) is 1.47. The Morgan fingerprint density at radius 3 is 2.50 bits per heavy atom. The van der Waals surface area contributed by atoms with E-state index in [9.17, 15) is 14.9 Å². The van der Waals surface area contributed by atoms with Crippen LogP contribution in [0.1, 0.15) is 5.56 Å². The van der Waals surface area contributed by atoms with E-state index in [0.717, 1.165) is 0 Å². The first kappa shape index (κ1) is 15.7. The molecular weight excluding hydrogens is 266 g/mol. The highest BCUT2D eigenvalue weighted by Gasteiger charge is 2.19. The van der Waals surface area contributed by atoms with Crippen LogP contribution in [0, 0.1) is 10.1 Å². The molecule has 0 bridgehead atoms. The molecule has 0 aliphatic rings. The van der Waals surface area contributed by atoms with Gasteiger partial charge in [-0.2, -0.15) is 0 Å². The number of nitro groups is 1. The van der Waals surface area contributed by atoms with Crippen LogP contribution in [0.4, 0.5) is 5.69 Å². The molecule has 1 aromatic carbocycles. The standard InChI is InChI=1S/C12H17N3O5/c1-14(2)12(16)7-20-11-5-9(15(17)18)8(6-13)4-10(11)19-3/h4-5H,6-7,13H2,1-3H3. The van der Waals surface area contributed by atoms with Crippen LogP contribution in [0.3, 0.4) is 0 Å². The molecule has 1 aromatic rings. The highest BCUT2D eigenvalue weighted by Crippen LogP contribution is 2.34. The van der Waals surface area contributed by atoms with E-state index < -0.39 is 4.92 Å². The summed E-state index contributed by atoms with van der Waals surface area (Å²) in [6.07, 6.45) is 0. The van der Waals surface area contributed by atoms with E-state index in [-0.39, 0.29) is 30.5 Å². The van der Waals surface area contributed by atoms with Gasteiger partial charge >= 0.3 is 0 Å². The van der Waals surface area contributed by atoms with Gasteiger partial charge in [-0.1, -0.05) is 0 Å². The second-order valence-electron chi connectivity index (χ2n) is 4.17. The van der Waals surface area contributed by atoms with Gasteiger partial charge in [-0.15, -0.1) is 0 Å². The number of ether oxygens (including phenoxy) is 2. The molecule has 8 nitrogen and oxygen atoms in total. The Labute approximate surface area is 116 Å². The van der Waals surface area contributed by atoms with Crippen LogP contribution in [-0.4, -0.2) is 43.5 Å². The Morgan fingerprint density at radius 2 is 2.05 bits per heavy atom. The van der Waals surface area contributed by atoms with Crippen molar-refractivity contribution in [1.29, 1.82) is 0 Å². The summed E-state index contributed by atoms with van der Waals surface area (Å²) >= 11 is 0. The van der Waals surface area contributed by atoms with Crippen molar-refractivity contribution in [2.75, 3.05) is 27.8 Å². The molecule has 20 heavy (non-hydrogen) atoms. The number of amides is 1. The zero-order chi connectivity index (χ0) is 15.3. The summed E-state index contributed by atoms with van der Waals surface area (Å²) in [4.78, 5) is 23.2. The molecule has 0 atom stereocenters. The Bertz CT molecular complexity index is 516. The average molecular weight is 283 g/mol. The minimum Gasteiger partial charge on any atom is -0.493 e. The van der Waals surface area contributed by atoms with Crippen molar-refractivity contribution in [2.24, 2.45) is 5.73 Å². The van der Waals surface area contributed by atoms with Crippen molar-refractivity contribution in [1.82, 2.24) is 4.90 Å². The van der Waals surface area contributed by atoms with E-state index in [1.165, 1.54) is 24.1 Å². The maximum absolute atomic E-state index is 11.5. The van der Waals surface area contributed by atoms with Gasteiger partial charge in [-0.25, -0.2) is 0 Å². The number of nitro benzene ring substituents is 1. The third-order valence-electron chi connectivity index (χ3n) is 2.63. The van der Waals surface area contributed by atoms with Crippen LogP contribution in [0.5, 0.6) is 11.5 Å². The van der Waals surface area contributed by atoms with E-state index in [2.05, 4.69) is 0 Å². The summed E-state index contributed by atoms with van der Waals surface area (Å²) < 4.78 is 10.4. The minimum atomic E-state index is -0.553. The Balaban J connectivity index is 3.08. The minimum absolute atomic E-state index is 0.00355. The predicted octanol–water partition coefficient (Wildman–Crippen LogP) is 0.529. The maximum Gasteiger partial charge on any atom is 0.277 e. The van der Waals surface area contributed by atoms with Crippen molar-refractivity contribution in [3.63, 3.8) is 0 Å². The first-order valence-corrected chi connectivity index (χ1v) is 5.79. The van der Waals surface area contributed by atoms with Gasteiger partial charge in [0, 0.05) is 26.2 Å². The molecule has 0 saturated heterocycles. The van der Waals surface area contributed by atoms with Gasteiger partial charge in [0.15, 0.2) is 18.1 Å². The van der Waals surface area contributed by atoms with Crippen LogP contribution in [-0.2, 0) is 11.3 Å². The molecule has 0 aromatic heterocycles. The summed E-state index contributed by atoms with van der Waals surface area (Å²) in [5.74, 6) is 0.159. The second-order valence-corrected chi connectivity index (χ2v) is 4.17. The number of hydrogen-bond acceptors (Lipinski definition) is 6. The van der Waals surface area contributed by atoms with Crippen LogP contribution in [0.2, 0.25) is 0 Å². The van der Waals surface area contributed by atoms with E-state index >= 15 is 0 Å². The molecule has 0 fully saturated rings. The lowest BCUT2D eigenvalue weighted by molar-refractivity contribution is -0.385. The molecule has 8 heteroatoms. The number of likely N-dealkylation sites (N-methyl/N-ethyl adjacent to an activating group) is 1. The topological polar surface area (TPSA) is 108 Å². The van der Waals surface area contributed by atoms with Gasteiger partial charge in [0.05, 0.1) is 18.1 Å². The number of nitrogens with two attached hydrogens (primary N) is 1. The lowest BCUT2D eigenvalue weighted by Crippen LogP contribution is -2.27. The van der Waals surface area contributed by atoms with E-state index in [1.54, 1.807) is 14.1 Å². The van der Waals surface area contributed by atoms with E-state index in [4.69, 9.17) is 15.2 Å². The zero-order valence-corrected chi connectivity index (χ0v) is 11.6. The van der Waals surface area contributed by atoms with Crippen molar-refractivity contribution in [3.8, 4) is 11.5 Å². The molecule has 0 radical (unpaired) electrons. The number of carbonyl (C=O) groups excluding carboxylic acids is 1. The van der Waals surface area contributed by atoms with Gasteiger partial charge in [0.2, 0.25) is 0 Å². The average Bonchev–Trinajstić information content (AvgIpc) is 2.43. The molecule has 0 heterocycles. The van der Waals surface area contributed by atoms with Crippen LogP contribution in [0.25, 0.3) is 0 Å². The summed E-state index contributed by atoms with van der Waals surface area (Å²) in [5.41, 5.74) is 5.63. The fourth-order valence-electron chi connectivity index (χ4n) is 1.47. The molecule has 2 N–H and O–H groups in total. The maximum atomic E-state index is 11.5. The molecular formula is C12H17N3O5. The third-order valence-corrected chi connectivity index (χ3v) is 2.63. The van der Waals surface area contributed by atoms with Crippen molar-refractivity contribution in [2.45, 2.75) is 6.54 Å². The summed E-state index contributed by atoms with van der Waals surface area (Å²) in [5, 5.41) is 11.0. The zero-order valence-electron chi connectivity index (χ0n) is 11.6. The number of hydrogen-bond donors (Lipinski definition) is 1. The van der Waals surface area contributed by atoms with E-state index in [1.807, 2.05) is 0 Å². The molecule has 0 aliphatic carbocycles. The summed E-state index contributed by atoms with van der Waals surface area (Å²) in [6.45, 7) is -0.230. The third kappa shape index (κ3) is 3.58. The first-order valence-electron chi connectivity index (χ1n) is 5.79. The molecule has 0 spiro atoms. The number of carbonyl (C=O) groups is 1. The van der Waals surface area contributed by atoms with Crippen molar-refractivity contribution < 1.29 is 19.2 Å². The number of benzene rings is 1. The van der Waals surface area contributed by atoms with Gasteiger partial charge in [0.25, 0.3) is 11.6 Å². The Hall–Kier alpha value is -2.35. The van der Waals surface area contributed by atoms with Gasteiger partial charge in [0.1, 0.15) is 0 Å². The number of methoxy groups -OCH3 is 1. The lowest BCUT2D eigenvalue weighted by Gasteiger charge is -2.14. The second kappa shape index (κ2) is 6.71.